The van der Waals surface area contributed by atoms with Crippen LogP contribution in [0.4, 0.5) is 11.5 Å². The van der Waals surface area contributed by atoms with Gasteiger partial charge in [-0.2, -0.15) is 0 Å². The molecule has 198 valence electrons. The Bertz CT molecular complexity index is 1460. The van der Waals surface area contributed by atoms with Crippen LogP contribution in [0.1, 0.15) is 23.2 Å². The third-order valence-corrected chi connectivity index (χ3v) is 6.97. The molecule has 10 nitrogen and oxygen atoms in total. The van der Waals surface area contributed by atoms with Crippen molar-refractivity contribution in [3.8, 4) is 5.75 Å². The lowest BCUT2D eigenvalue weighted by molar-refractivity contribution is 0.0953. The molecule has 38 heavy (non-hydrogen) atoms. The maximum absolute atomic E-state index is 12.6. The molecule has 0 saturated carbocycles. The van der Waals surface area contributed by atoms with Gasteiger partial charge in [-0.05, 0) is 67.9 Å². The molecule has 11 heteroatoms. The van der Waals surface area contributed by atoms with Gasteiger partial charge in [-0.25, -0.2) is 18.4 Å². The number of ether oxygens (including phenoxy) is 1. The molecule has 0 spiro atoms. The molecule has 0 aliphatic rings. The first kappa shape index (κ1) is 26.8. The molecule has 4 aromatic rings. The molecular weight excluding hydrogens is 504 g/mol. The first-order chi connectivity index (χ1) is 18.4. The molecule has 1 amide bonds. The number of fused-ring (bicyclic) bond motifs is 1. The average Bonchev–Trinajstić information content (AvgIpc) is 2.92. The summed E-state index contributed by atoms with van der Waals surface area (Å²) < 4.78 is 33.6. The Morgan fingerprint density at radius 2 is 1.66 bits per heavy atom. The fraction of sp³-hybridized carbons (Fsp3) is 0.222. The van der Waals surface area contributed by atoms with Crippen molar-refractivity contribution in [3.63, 3.8) is 0 Å². The molecule has 0 fully saturated rings. The van der Waals surface area contributed by atoms with Gasteiger partial charge in [0.25, 0.3) is 15.9 Å². The molecule has 0 saturated heterocycles. The number of nitrogens with zero attached hydrogens (tertiary/aromatic N) is 2. The van der Waals surface area contributed by atoms with Crippen LogP contribution in [0.15, 0.2) is 83.9 Å². The molecule has 4 rings (SSSR count). The summed E-state index contributed by atoms with van der Waals surface area (Å²) >= 11 is 0. The number of sulfonamides is 1. The second-order valence-corrected chi connectivity index (χ2v) is 10.2. The second-order valence-electron chi connectivity index (χ2n) is 8.48. The Kier molecular flexibility index (Phi) is 9.07. The maximum atomic E-state index is 12.6. The van der Waals surface area contributed by atoms with Crippen LogP contribution in [0.2, 0.25) is 0 Å². The first-order valence-electron chi connectivity index (χ1n) is 12.2. The Hall–Kier alpha value is -4.22. The van der Waals surface area contributed by atoms with Crippen molar-refractivity contribution in [2.24, 2.45) is 0 Å². The zero-order chi connectivity index (χ0) is 26.8. The molecule has 1 aromatic heterocycles. The Morgan fingerprint density at radius 1 is 0.895 bits per heavy atom. The van der Waals surface area contributed by atoms with E-state index in [1.165, 1.54) is 30.5 Å². The van der Waals surface area contributed by atoms with Crippen LogP contribution < -0.4 is 25.8 Å². The van der Waals surface area contributed by atoms with Crippen LogP contribution in [0.3, 0.4) is 0 Å². The van der Waals surface area contributed by atoms with Gasteiger partial charge in [0.15, 0.2) is 5.82 Å². The average molecular weight is 535 g/mol. The fourth-order valence-electron chi connectivity index (χ4n) is 3.65. The summed E-state index contributed by atoms with van der Waals surface area (Å²) in [7, 11) is -3.82. The Balaban J connectivity index is 1.20. The van der Waals surface area contributed by atoms with Crippen molar-refractivity contribution in [1.82, 2.24) is 20.6 Å². The summed E-state index contributed by atoms with van der Waals surface area (Å²) in [6.07, 6.45) is 3.15. The monoisotopic (exact) mass is 534 g/mol. The SMILES string of the molecule is Nc1ccc(S(=O)(=O)Nc2cnc3c(OCCNCCCCNC(=O)c4ccccc4)cccc3n2)cc1. The topological polar surface area (TPSA) is 148 Å². The van der Waals surface area contributed by atoms with E-state index in [9.17, 15) is 13.2 Å². The van der Waals surface area contributed by atoms with Crippen LogP contribution in [-0.4, -0.2) is 50.5 Å². The highest BCUT2D eigenvalue weighted by Crippen LogP contribution is 2.24. The minimum Gasteiger partial charge on any atom is -0.490 e. The van der Waals surface area contributed by atoms with E-state index in [2.05, 4.69) is 25.3 Å². The zero-order valence-electron chi connectivity index (χ0n) is 20.8. The lowest BCUT2D eigenvalue weighted by Crippen LogP contribution is -2.26. The van der Waals surface area contributed by atoms with Gasteiger partial charge in [0.05, 0.1) is 16.6 Å². The summed E-state index contributed by atoms with van der Waals surface area (Å²) in [6.45, 7) is 2.49. The highest BCUT2D eigenvalue weighted by atomic mass is 32.2. The number of carbonyl (C=O) groups is 1. The minimum atomic E-state index is -3.82. The molecule has 0 aliphatic heterocycles. The number of amides is 1. The van der Waals surface area contributed by atoms with Crippen molar-refractivity contribution in [1.29, 1.82) is 0 Å². The quantitative estimate of drug-likeness (QED) is 0.151. The number of benzene rings is 3. The van der Waals surface area contributed by atoms with Gasteiger partial charge < -0.3 is 21.1 Å². The van der Waals surface area contributed by atoms with E-state index in [0.717, 1.165) is 19.4 Å². The van der Waals surface area contributed by atoms with Crippen molar-refractivity contribution in [2.75, 3.05) is 36.7 Å². The number of unbranched alkanes of at least 4 members (excludes halogenated alkanes) is 1. The number of nitrogens with two attached hydrogens (primary N) is 1. The normalized spacial score (nSPS) is 11.3. The van der Waals surface area contributed by atoms with E-state index in [0.29, 0.717) is 47.7 Å². The van der Waals surface area contributed by atoms with Crippen molar-refractivity contribution < 1.29 is 17.9 Å². The zero-order valence-corrected chi connectivity index (χ0v) is 21.6. The van der Waals surface area contributed by atoms with Crippen LogP contribution in [0, 0.1) is 0 Å². The summed E-state index contributed by atoms with van der Waals surface area (Å²) in [5, 5.41) is 6.24. The molecular formula is C27H30N6O4S. The number of hydrogen-bond donors (Lipinski definition) is 4. The van der Waals surface area contributed by atoms with Crippen molar-refractivity contribution >= 4 is 38.5 Å². The minimum absolute atomic E-state index is 0.0588. The predicted molar refractivity (Wildman–Crippen MR) is 148 cm³/mol. The van der Waals surface area contributed by atoms with E-state index in [1.807, 2.05) is 18.2 Å². The van der Waals surface area contributed by atoms with E-state index in [4.69, 9.17) is 10.5 Å². The Morgan fingerprint density at radius 3 is 2.45 bits per heavy atom. The number of carbonyl (C=O) groups excluding carboxylic acids is 1. The van der Waals surface area contributed by atoms with Crippen LogP contribution in [-0.2, 0) is 10.0 Å². The molecule has 0 radical (unpaired) electrons. The molecule has 1 heterocycles. The van der Waals surface area contributed by atoms with E-state index >= 15 is 0 Å². The second kappa shape index (κ2) is 12.8. The van der Waals surface area contributed by atoms with Crippen LogP contribution in [0.5, 0.6) is 5.75 Å². The Labute approximate surface area is 221 Å². The lowest BCUT2D eigenvalue weighted by Gasteiger charge is -2.11. The van der Waals surface area contributed by atoms with Gasteiger partial charge >= 0.3 is 0 Å². The highest BCUT2D eigenvalue weighted by Gasteiger charge is 2.16. The first-order valence-corrected chi connectivity index (χ1v) is 13.7. The van der Waals surface area contributed by atoms with Gasteiger partial charge in [-0.3, -0.25) is 9.52 Å². The summed E-state index contributed by atoms with van der Waals surface area (Å²) in [6, 6.07) is 20.4. The standard InChI is InChI=1S/C27H30N6O4S/c28-21-11-13-22(14-12-21)38(35,36)33-25-19-31-26-23(32-25)9-6-10-24(26)37-18-17-29-15-4-5-16-30-27(34)20-7-2-1-3-8-20/h1-3,6-14,19,29H,4-5,15-18,28H2,(H,30,34)(H,32,33). The van der Waals surface area contributed by atoms with Gasteiger partial charge in [0, 0.05) is 24.3 Å². The van der Waals surface area contributed by atoms with Gasteiger partial charge in [-0.1, -0.05) is 24.3 Å². The van der Waals surface area contributed by atoms with Gasteiger partial charge in [-0.15, -0.1) is 0 Å². The highest BCUT2D eigenvalue weighted by molar-refractivity contribution is 7.92. The summed E-state index contributed by atoms with van der Waals surface area (Å²) in [4.78, 5) is 20.8. The van der Waals surface area contributed by atoms with E-state index in [-0.39, 0.29) is 16.6 Å². The largest absolute Gasteiger partial charge is 0.490 e. The fourth-order valence-corrected chi connectivity index (χ4v) is 4.64. The third kappa shape index (κ3) is 7.40. The summed E-state index contributed by atoms with van der Waals surface area (Å²) in [5.41, 5.74) is 7.82. The number of para-hydroxylation sites is 1. The lowest BCUT2D eigenvalue weighted by atomic mass is 10.2. The number of rotatable bonds is 13. The number of nitrogens with one attached hydrogen (secondary N) is 3. The third-order valence-electron chi connectivity index (χ3n) is 5.60. The molecule has 0 bridgehead atoms. The number of hydrogen-bond acceptors (Lipinski definition) is 8. The van der Waals surface area contributed by atoms with Crippen LogP contribution in [0.25, 0.3) is 11.0 Å². The molecule has 3 aromatic carbocycles. The van der Waals surface area contributed by atoms with Gasteiger partial charge in [0.2, 0.25) is 0 Å². The van der Waals surface area contributed by atoms with E-state index < -0.39 is 10.0 Å². The maximum Gasteiger partial charge on any atom is 0.263 e. The number of nitrogen functional groups attached to an aromatic ring is 1. The van der Waals surface area contributed by atoms with Crippen molar-refractivity contribution in [3.05, 3.63) is 84.6 Å². The van der Waals surface area contributed by atoms with Crippen LogP contribution >= 0.6 is 0 Å². The molecule has 5 N–H and O–H groups in total. The molecule has 0 aliphatic carbocycles. The van der Waals surface area contributed by atoms with Crippen molar-refractivity contribution in [2.45, 2.75) is 17.7 Å². The van der Waals surface area contributed by atoms with Gasteiger partial charge in [0.1, 0.15) is 17.9 Å². The number of aromatic nitrogens is 2. The van der Waals surface area contributed by atoms with E-state index in [1.54, 1.807) is 30.3 Å². The predicted octanol–water partition coefficient (Wildman–Crippen LogP) is 3.19. The number of anilines is 2. The smallest absolute Gasteiger partial charge is 0.263 e. The summed E-state index contributed by atoms with van der Waals surface area (Å²) in [5.74, 6) is 0.609. The molecule has 0 unspecified atom stereocenters. The molecule has 0 atom stereocenters.